The average molecular weight is 517 g/mol. The van der Waals surface area contributed by atoms with E-state index in [9.17, 15) is 5.11 Å². The van der Waals surface area contributed by atoms with E-state index in [-0.39, 0.29) is 12.3 Å². The molecule has 3 N–H and O–H groups in total. The van der Waals surface area contributed by atoms with Gasteiger partial charge < -0.3 is 15.6 Å². The predicted octanol–water partition coefficient (Wildman–Crippen LogP) is 7.01. The summed E-state index contributed by atoms with van der Waals surface area (Å²) in [5, 5.41) is 10.2. The van der Waals surface area contributed by atoms with Crippen molar-refractivity contribution in [3.63, 3.8) is 0 Å². The topological polar surface area (TPSA) is 58.7 Å². The highest BCUT2D eigenvalue weighted by molar-refractivity contribution is 5.25. The molecule has 37 heavy (non-hydrogen) atoms. The minimum Gasteiger partial charge on any atom is -0.393 e. The van der Waals surface area contributed by atoms with E-state index in [4.69, 9.17) is 10.5 Å². The Bertz CT molecular complexity index is 759. The van der Waals surface area contributed by atoms with Gasteiger partial charge in [-0.05, 0) is 105 Å². The Hall–Kier alpha value is -0.420. The molecule has 4 fully saturated rings. The van der Waals surface area contributed by atoms with Crippen LogP contribution in [0, 0.1) is 46.3 Å². The first-order valence-electron chi connectivity index (χ1n) is 16.0. The Morgan fingerprint density at radius 1 is 1.00 bits per heavy atom. The van der Waals surface area contributed by atoms with Crippen molar-refractivity contribution in [1.29, 1.82) is 0 Å². The highest BCUT2D eigenvalue weighted by atomic mass is 16.5. The Labute approximate surface area is 229 Å². The van der Waals surface area contributed by atoms with Crippen LogP contribution in [0.25, 0.3) is 0 Å². The quantitative estimate of drug-likeness (QED) is 0.373. The van der Waals surface area contributed by atoms with Gasteiger partial charge in [-0.3, -0.25) is 4.90 Å². The van der Waals surface area contributed by atoms with Crippen molar-refractivity contribution in [3.8, 4) is 0 Å². The minimum absolute atomic E-state index is 0.0766. The highest BCUT2D eigenvalue weighted by Crippen LogP contribution is 2.67. The number of rotatable bonds is 6. The average Bonchev–Trinajstić information content (AvgIpc) is 3.22. The van der Waals surface area contributed by atoms with Crippen molar-refractivity contribution in [1.82, 2.24) is 4.90 Å². The Kier molecular flexibility index (Phi) is 9.91. The normalized spacial score (nSPS) is 41.5. The van der Waals surface area contributed by atoms with Gasteiger partial charge in [-0.25, -0.2) is 0 Å². The van der Waals surface area contributed by atoms with Crippen LogP contribution in [0.3, 0.4) is 0 Å². The molecule has 5 aliphatic rings. The molecule has 1 saturated heterocycles. The van der Waals surface area contributed by atoms with E-state index in [1.807, 2.05) is 6.92 Å². The van der Waals surface area contributed by atoms with Gasteiger partial charge in [-0.1, -0.05) is 65.5 Å². The maximum absolute atomic E-state index is 10.2. The van der Waals surface area contributed by atoms with E-state index in [2.05, 4.69) is 45.6 Å². The molecule has 4 nitrogen and oxygen atoms in total. The SMILES string of the molecule is CC(C)CCC[C@@H](C)[C@H]1CC[C@H]2[C@@H]3CC=C4C[C@@H](O)CC[C@]4(C)[C@H]3CC[C@]12C.CC(N)N1CCOCC1. The molecular weight excluding hydrogens is 456 g/mol. The maximum Gasteiger partial charge on any atom is 0.0594 e. The maximum atomic E-state index is 10.2. The summed E-state index contributed by atoms with van der Waals surface area (Å²) in [6.45, 7) is 18.2. The number of morpholine rings is 1. The van der Waals surface area contributed by atoms with Crippen molar-refractivity contribution >= 4 is 0 Å². The lowest BCUT2D eigenvalue weighted by atomic mass is 9.47. The van der Waals surface area contributed by atoms with Crippen LogP contribution in [0.2, 0.25) is 0 Å². The van der Waals surface area contributed by atoms with Crippen LogP contribution < -0.4 is 5.73 Å². The lowest BCUT2D eigenvalue weighted by molar-refractivity contribution is -0.0573. The number of hydrogen-bond donors (Lipinski definition) is 2. The molecule has 0 amide bonds. The Morgan fingerprint density at radius 2 is 1.73 bits per heavy atom. The summed E-state index contributed by atoms with van der Waals surface area (Å²) in [6, 6.07) is 0. The van der Waals surface area contributed by atoms with Gasteiger partial charge in [0.05, 0.1) is 25.5 Å². The Balaban J connectivity index is 0.000000301. The molecule has 214 valence electrons. The van der Waals surface area contributed by atoms with Crippen molar-refractivity contribution in [2.24, 2.45) is 52.1 Å². The number of aliphatic hydroxyl groups excluding tert-OH is 1. The van der Waals surface area contributed by atoms with Gasteiger partial charge in [0.1, 0.15) is 0 Å². The van der Waals surface area contributed by atoms with Gasteiger partial charge in [0.25, 0.3) is 0 Å². The zero-order chi connectivity index (χ0) is 26.8. The molecule has 0 aromatic heterocycles. The van der Waals surface area contributed by atoms with Gasteiger partial charge >= 0.3 is 0 Å². The lowest BCUT2D eigenvalue weighted by Gasteiger charge is -2.58. The number of hydrogen-bond acceptors (Lipinski definition) is 4. The molecule has 4 heteroatoms. The molecule has 3 saturated carbocycles. The van der Waals surface area contributed by atoms with Gasteiger partial charge in [0.2, 0.25) is 0 Å². The molecule has 0 aromatic rings. The largest absolute Gasteiger partial charge is 0.393 e. The monoisotopic (exact) mass is 516 g/mol. The smallest absolute Gasteiger partial charge is 0.0594 e. The van der Waals surface area contributed by atoms with Crippen molar-refractivity contribution in [2.75, 3.05) is 26.3 Å². The second kappa shape index (κ2) is 12.4. The highest BCUT2D eigenvalue weighted by Gasteiger charge is 2.59. The van der Waals surface area contributed by atoms with Crippen LogP contribution in [0.15, 0.2) is 11.6 Å². The number of fused-ring (bicyclic) bond motifs is 5. The Morgan fingerprint density at radius 3 is 2.38 bits per heavy atom. The summed E-state index contributed by atoms with van der Waals surface area (Å²) in [6.07, 6.45) is 17.4. The first-order valence-corrected chi connectivity index (χ1v) is 16.0. The zero-order valence-corrected chi connectivity index (χ0v) is 25.2. The van der Waals surface area contributed by atoms with Crippen molar-refractivity contribution < 1.29 is 9.84 Å². The molecule has 0 aromatic carbocycles. The van der Waals surface area contributed by atoms with Crippen LogP contribution in [-0.2, 0) is 4.74 Å². The second-order valence-corrected chi connectivity index (χ2v) is 14.6. The van der Waals surface area contributed by atoms with Crippen LogP contribution in [0.5, 0.6) is 0 Å². The van der Waals surface area contributed by atoms with E-state index in [1.54, 1.807) is 5.57 Å². The van der Waals surface area contributed by atoms with E-state index >= 15 is 0 Å². The van der Waals surface area contributed by atoms with Crippen molar-refractivity contribution in [2.45, 2.75) is 124 Å². The molecule has 0 spiro atoms. The summed E-state index contributed by atoms with van der Waals surface area (Å²) >= 11 is 0. The number of aliphatic hydroxyl groups is 1. The molecule has 1 heterocycles. The minimum atomic E-state index is -0.0766. The zero-order valence-electron chi connectivity index (χ0n) is 25.2. The summed E-state index contributed by atoms with van der Waals surface area (Å²) in [5.41, 5.74) is 8.24. The van der Waals surface area contributed by atoms with Crippen LogP contribution in [-0.4, -0.2) is 48.6 Å². The first-order chi connectivity index (χ1) is 17.6. The summed E-state index contributed by atoms with van der Waals surface area (Å²) < 4.78 is 5.15. The third-order valence-electron chi connectivity index (χ3n) is 11.9. The van der Waals surface area contributed by atoms with Gasteiger partial charge in [-0.15, -0.1) is 0 Å². The number of allylic oxidation sites excluding steroid dienone is 1. The van der Waals surface area contributed by atoms with E-state index < -0.39 is 0 Å². The summed E-state index contributed by atoms with van der Waals surface area (Å²) in [5.74, 6) is 5.46. The number of ether oxygens (including phenoxy) is 1. The third kappa shape index (κ3) is 6.34. The predicted molar refractivity (Wildman–Crippen MR) is 155 cm³/mol. The molecule has 0 radical (unpaired) electrons. The van der Waals surface area contributed by atoms with Gasteiger partial charge in [0.15, 0.2) is 0 Å². The van der Waals surface area contributed by atoms with E-state index in [0.717, 1.165) is 74.7 Å². The molecule has 5 rings (SSSR count). The molecule has 1 aliphatic heterocycles. The lowest BCUT2D eigenvalue weighted by Crippen LogP contribution is -2.50. The van der Waals surface area contributed by atoms with Crippen LogP contribution in [0.4, 0.5) is 0 Å². The van der Waals surface area contributed by atoms with Crippen molar-refractivity contribution in [3.05, 3.63) is 11.6 Å². The number of nitrogens with zero attached hydrogens (tertiary/aromatic N) is 1. The second-order valence-electron chi connectivity index (χ2n) is 14.6. The van der Waals surface area contributed by atoms with Crippen LogP contribution >= 0.6 is 0 Å². The summed E-state index contributed by atoms with van der Waals surface area (Å²) in [4.78, 5) is 2.21. The van der Waals surface area contributed by atoms with Gasteiger partial charge in [-0.2, -0.15) is 0 Å². The third-order valence-corrected chi connectivity index (χ3v) is 11.9. The summed E-state index contributed by atoms with van der Waals surface area (Å²) in [7, 11) is 0. The van der Waals surface area contributed by atoms with E-state index in [0.29, 0.717) is 10.8 Å². The molecular formula is C33H60N2O2. The fraction of sp³-hybridized carbons (Fsp3) is 0.939. The number of nitrogens with two attached hydrogens (primary N) is 1. The molecule has 4 aliphatic carbocycles. The molecule has 0 bridgehead atoms. The first kappa shape index (κ1) is 29.6. The fourth-order valence-corrected chi connectivity index (χ4v) is 9.65. The van der Waals surface area contributed by atoms with Gasteiger partial charge in [0, 0.05) is 13.1 Å². The van der Waals surface area contributed by atoms with E-state index in [1.165, 1.54) is 57.8 Å². The standard InChI is InChI=1S/C27H46O.C6H14N2O/c1-18(2)7-6-8-19(3)23-11-12-24-22-10-9-20-17-21(28)13-15-26(20,4)25(22)14-16-27(23,24)5;1-6(7)8-2-4-9-5-3-8/h9,18-19,21-25,28H,6-8,10-17H2,1-5H3;6H,2-5,7H2,1H3/t19-,21+,22+,23-,24+,25+,26+,27-;/m1./s1. The van der Waals surface area contributed by atoms with Crippen LogP contribution in [0.1, 0.15) is 112 Å². The molecule has 1 unspecified atom stereocenters. The molecule has 9 atom stereocenters. The fourth-order valence-electron chi connectivity index (χ4n) is 9.65.